The summed E-state index contributed by atoms with van der Waals surface area (Å²) in [5.41, 5.74) is 3.60. The molecule has 2 heterocycles. The number of morpholine rings is 1. The van der Waals surface area contributed by atoms with Gasteiger partial charge in [-0.25, -0.2) is 0 Å². The molecule has 25 heavy (non-hydrogen) atoms. The number of anilines is 1. The fourth-order valence-corrected chi connectivity index (χ4v) is 4.25. The van der Waals surface area contributed by atoms with Crippen molar-refractivity contribution in [1.82, 2.24) is 4.90 Å². The van der Waals surface area contributed by atoms with E-state index in [4.69, 9.17) is 4.74 Å². The Bertz CT molecular complexity index is 718. The number of benzene rings is 1. The van der Waals surface area contributed by atoms with E-state index in [1.807, 2.05) is 13.1 Å². The maximum Gasteiger partial charge on any atom is 0.263 e. The van der Waals surface area contributed by atoms with Gasteiger partial charge in [-0.2, -0.15) is 0 Å². The van der Waals surface area contributed by atoms with E-state index in [2.05, 4.69) is 43.0 Å². The first-order valence-corrected chi connectivity index (χ1v) is 9.66. The van der Waals surface area contributed by atoms with Crippen LogP contribution in [-0.4, -0.2) is 44.2 Å². The van der Waals surface area contributed by atoms with E-state index in [1.165, 1.54) is 16.1 Å². The third-order valence-corrected chi connectivity index (χ3v) is 6.00. The van der Waals surface area contributed by atoms with Gasteiger partial charge in [0.1, 0.15) is 0 Å². The number of ether oxygens (including phenoxy) is 1. The Morgan fingerprint density at radius 2 is 1.92 bits per heavy atom. The Hall–Kier alpha value is -1.85. The molecular weight excluding hydrogens is 332 g/mol. The zero-order valence-electron chi connectivity index (χ0n) is 15.2. The average molecular weight is 359 g/mol. The van der Waals surface area contributed by atoms with Crippen molar-refractivity contribution in [1.29, 1.82) is 0 Å². The zero-order valence-corrected chi connectivity index (χ0v) is 16.1. The van der Waals surface area contributed by atoms with Crippen LogP contribution in [0.5, 0.6) is 0 Å². The largest absolute Gasteiger partial charge is 0.378 e. The number of amides is 1. The van der Waals surface area contributed by atoms with E-state index < -0.39 is 0 Å². The molecule has 0 radical (unpaired) electrons. The minimum absolute atomic E-state index is 0.102. The van der Waals surface area contributed by atoms with E-state index in [9.17, 15) is 4.79 Å². The standard InChI is InChI=1S/C20H26N2O2S/c1-4-18-15(2)13-19(25-18)20(23)21(3)14-16-5-7-17(8-6-16)22-9-11-24-12-10-22/h5-8,13H,4,9-12,14H2,1-3H3. The Kier molecular flexibility index (Phi) is 5.76. The van der Waals surface area contributed by atoms with Gasteiger partial charge in [0, 0.05) is 37.2 Å². The van der Waals surface area contributed by atoms with Gasteiger partial charge in [-0.05, 0) is 42.7 Å². The number of thiophene rings is 1. The molecule has 2 aromatic rings. The third-order valence-electron chi connectivity index (χ3n) is 4.63. The maximum absolute atomic E-state index is 12.7. The minimum Gasteiger partial charge on any atom is -0.378 e. The van der Waals surface area contributed by atoms with E-state index in [1.54, 1.807) is 16.2 Å². The summed E-state index contributed by atoms with van der Waals surface area (Å²) in [6.45, 7) is 8.30. The molecule has 1 aromatic carbocycles. The van der Waals surface area contributed by atoms with Crippen LogP contribution in [0.2, 0.25) is 0 Å². The molecule has 5 heteroatoms. The number of carbonyl (C=O) groups excluding carboxylic acids is 1. The van der Waals surface area contributed by atoms with E-state index in [0.717, 1.165) is 43.2 Å². The Balaban J connectivity index is 1.63. The van der Waals surface area contributed by atoms with Crippen molar-refractivity contribution >= 4 is 22.9 Å². The number of aryl methyl sites for hydroxylation is 2. The van der Waals surface area contributed by atoms with Crippen molar-refractivity contribution in [3.8, 4) is 0 Å². The zero-order chi connectivity index (χ0) is 17.8. The van der Waals surface area contributed by atoms with Gasteiger partial charge in [-0.3, -0.25) is 4.79 Å². The second kappa shape index (κ2) is 8.02. The Morgan fingerprint density at radius 1 is 1.24 bits per heavy atom. The highest BCUT2D eigenvalue weighted by Gasteiger charge is 2.16. The quantitative estimate of drug-likeness (QED) is 0.816. The highest BCUT2D eigenvalue weighted by atomic mass is 32.1. The molecule has 1 saturated heterocycles. The summed E-state index contributed by atoms with van der Waals surface area (Å²) in [6, 6.07) is 10.5. The van der Waals surface area contributed by atoms with E-state index in [0.29, 0.717) is 6.54 Å². The second-order valence-electron chi connectivity index (χ2n) is 6.50. The lowest BCUT2D eigenvalue weighted by molar-refractivity contribution is 0.0790. The monoisotopic (exact) mass is 358 g/mol. The topological polar surface area (TPSA) is 32.8 Å². The molecule has 1 fully saturated rings. The number of hydrogen-bond donors (Lipinski definition) is 0. The first kappa shape index (κ1) is 18.0. The van der Waals surface area contributed by atoms with Gasteiger partial charge in [-0.1, -0.05) is 19.1 Å². The van der Waals surface area contributed by atoms with Crippen LogP contribution in [0, 0.1) is 6.92 Å². The van der Waals surface area contributed by atoms with Gasteiger partial charge < -0.3 is 14.5 Å². The molecular formula is C20H26N2O2S. The molecule has 4 nitrogen and oxygen atoms in total. The second-order valence-corrected chi connectivity index (χ2v) is 7.63. The average Bonchev–Trinajstić information content (AvgIpc) is 3.03. The lowest BCUT2D eigenvalue weighted by Crippen LogP contribution is -2.36. The molecule has 1 amide bonds. The first-order valence-electron chi connectivity index (χ1n) is 8.85. The molecule has 0 atom stereocenters. The predicted molar refractivity (Wildman–Crippen MR) is 104 cm³/mol. The molecule has 1 aliphatic rings. The molecule has 3 rings (SSSR count). The SMILES string of the molecule is CCc1sc(C(=O)N(C)Cc2ccc(N3CCOCC3)cc2)cc1C. The summed E-state index contributed by atoms with van der Waals surface area (Å²) in [5, 5.41) is 0. The van der Waals surface area contributed by atoms with Gasteiger partial charge >= 0.3 is 0 Å². The van der Waals surface area contributed by atoms with Crippen LogP contribution in [0.4, 0.5) is 5.69 Å². The maximum atomic E-state index is 12.7. The molecule has 0 spiro atoms. The van der Waals surface area contributed by atoms with E-state index >= 15 is 0 Å². The number of carbonyl (C=O) groups is 1. The summed E-state index contributed by atoms with van der Waals surface area (Å²) in [7, 11) is 1.87. The molecule has 0 aliphatic carbocycles. The van der Waals surface area contributed by atoms with Crippen LogP contribution in [0.25, 0.3) is 0 Å². The third kappa shape index (κ3) is 4.22. The summed E-state index contributed by atoms with van der Waals surface area (Å²) >= 11 is 1.62. The number of rotatable bonds is 5. The minimum atomic E-state index is 0.102. The Labute approximate surface area is 154 Å². The van der Waals surface area contributed by atoms with Gasteiger partial charge in [0.2, 0.25) is 0 Å². The molecule has 0 saturated carbocycles. The van der Waals surface area contributed by atoms with Crippen LogP contribution in [0.3, 0.4) is 0 Å². The number of nitrogens with zero attached hydrogens (tertiary/aromatic N) is 2. The van der Waals surface area contributed by atoms with E-state index in [-0.39, 0.29) is 5.91 Å². The molecule has 0 N–H and O–H groups in total. The lowest BCUT2D eigenvalue weighted by atomic mass is 10.1. The summed E-state index contributed by atoms with van der Waals surface area (Å²) in [4.78, 5) is 18.9. The number of hydrogen-bond acceptors (Lipinski definition) is 4. The fourth-order valence-electron chi connectivity index (χ4n) is 3.14. The van der Waals surface area contributed by atoms with Crippen LogP contribution >= 0.6 is 11.3 Å². The van der Waals surface area contributed by atoms with Crippen molar-refractivity contribution in [2.75, 3.05) is 38.3 Å². The van der Waals surface area contributed by atoms with Crippen LogP contribution in [0.1, 0.15) is 32.6 Å². The molecule has 0 bridgehead atoms. The summed E-state index contributed by atoms with van der Waals surface area (Å²) in [6.07, 6.45) is 0.983. The summed E-state index contributed by atoms with van der Waals surface area (Å²) in [5.74, 6) is 0.102. The van der Waals surface area contributed by atoms with Gasteiger partial charge in [0.15, 0.2) is 0 Å². The Morgan fingerprint density at radius 3 is 2.52 bits per heavy atom. The van der Waals surface area contributed by atoms with Crippen molar-refractivity contribution in [3.05, 3.63) is 51.2 Å². The highest BCUT2D eigenvalue weighted by Crippen LogP contribution is 2.24. The smallest absolute Gasteiger partial charge is 0.263 e. The van der Waals surface area contributed by atoms with Crippen molar-refractivity contribution < 1.29 is 9.53 Å². The van der Waals surface area contributed by atoms with Crippen molar-refractivity contribution in [2.45, 2.75) is 26.8 Å². The van der Waals surface area contributed by atoms with Crippen LogP contribution in [0.15, 0.2) is 30.3 Å². The molecule has 1 aliphatic heterocycles. The van der Waals surface area contributed by atoms with Crippen LogP contribution in [-0.2, 0) is 17.7 Å². The van der Waals surface area contributed by atoms with Gasteiger partial charge in [0.25, 0.3) is 5.91 Å². The van der Waals surface area contributed by atoms with Crippen molar-refractivity contribution in [3.63, 3.8) is 0 Å². The van der Waals surface area contributed by atoms with Gasteiger partial charge in [-0.15, -0.1) is 11.3 Å². The first-order chi connectivity index (χ1) is 12.1. The summed E-state index contributed by atoms with van der Waals surface area (Å²) < 4.78 is 5.40. The highest BCUT2D eigenvalue weighted by molar-refractivity contribution is 7.14. The van der Waals surface area contributed by atoms with Crippen molar-refractivity contribution in [2.24, 2.45) is 0 Å². The van der Waals surface area contributed by atoms with Crippen LogP contribution < -0.4 is 4.90 Å². The molecule has 1 aromatic heterocycles. The predicted octanol–water partition coefficient (Wildman–Crippen LogP) is 3.73. The molecule has 134 valence electrons. The van der Waals surface area contributed by atoms with Gasteiger partial charge in [0.05, 0.1) is 18.1 Å². The lowest BCUT2D eigenvalue weighted by Gasteiger charge is -2.29. The normalized spacial score (nSPS) is 14.6. The molecule has 0 unspecified atom stereocenters. The fraction of sp³-hybridized carbons (Fsp3) is 0.450.